The molecule has 88 valence electrons. The Labute approximate surface area is 91.3 Å². The molecule has 0 saturated carbocycles. The van der Waals surface area contributed by atoms with Crippen LogP contribution in [0.5, 0.6) is 0 Å². The molecule has 2 amide bonds. The van der Waals surface area contributed by atoms with Crippen molar-refractivity contribution >= 4 is 11.7 Å². The van der Waals surface area contributed by atoms with Crippen molar-refractivity contribution < 1.29 is 18.7 Å². The average molecular weight is 230 g/mol. The van der Waals surface area contributed by atoms with Crippen LogP contribution in [0.1, 0.15) is 6.92 Å². The predicted octanol–water partition coefficient (Wildman–Crippen LogP) is 1.47. The first-order valence-electron chi connectivity index (χ1n) is 4.66. The number of carbonyl (C=O) groups excluding carboxylic acids is 1. The van der Waals surface area contributed by atoms with E-state index < -0.39 is 23.7 Å². The molecule has 1 aromatic rings. The molecule has 4 nitrogen and oxygen atoms in total. The van der Waals surface area contributed by atoms with Crippen molar-refractivity contribution in [3.63, 3.8) is 0 Å². The van der Waals surface area contributed by atoms with E-state index in [4.69, 9.17) is 5.11 Å². The Morgan fingerprint density at radius 2 is 2.19 bits per heavy atom. The van der Waals surface area contributed by atoms with Gasteiger partial charge in [0.1, 0.15) is 11.6 Å². The van der Waals surface area contributed by atoms with Gasteiger partial charge in [0.25, 0.3) is 0 Å². The summed E-state index contributed by atoms with van der Waals surface area (Å²) in [4.78, 5) is 11.2. The van der Waals surface area contributed by atoms with Crippen LogP contribution < -0.4 is 10.6 Å². The molecule has 0 aromatic heterocycles. The minimum absolute atomic E-state index is 0.121. The van der Waals surface area contributed by atoms with E-state index in [9.17, 15) is 13.6 Å². The number of carbonyl (C=O) groups is 1. The van der Waals surface area contributed by atoms with Crippen molar-refractivity contribution in [1.82, 2.24) is 5.32 Å². The summed E-state index contributed by atoms with van der Waals surface area (Å²) in [5, 5.41) is 13.2. The summed E-state index contributed by atoms with van der Waals surface area (Å²) in [6, 6.07) is 1.73. The molecule has 0 aliphatic carbocycles. The Kier molecular flexibility index (Phi) is 4.19. The molecular weight excluding hydrogens is 218 g/mol. The van der Waals surface area contributed by atoms with Crippen LogP contribution >= 0.6 is 0 Å². The Morgan fingerprint density at radius 1 is 1.50 bits per heavy atom. The minimum Gasteiger partial charge on any atom is -0.394 e. The van der Waals surface area contributed by atoms with Crippen LogP contribution in [0.25, 0.3) is 0 Å². The summed E-state index contributed by atoms with van der Waals surface area (Å²) in [7, 11) is 0. The number of halogens is 2. The number of aliphatic hydroxyl groups is 1. The zero-order valence-electron chi connectivity index (χ0n) is 8.63. The second-order valence-electron chi connectivity index (χ2n) is 3.31. The van der Waals surface area contributed by atoms with Crippen LogP contribution in [0.15, 0.2) is 18.2 Å². The lowest BCUT2D eigenvalue weighted by Gasteiger charge is -2.12. The Balaban J connectivity index is 2.63. The maximum Gasteiger partial charge on any atom is 0.319 e. The standard InChI is InChI=1S/C10H12F2N2O2/c1-6(5-15)13-10(16)14-9-3-2-7(11)4-8(9)12/h2-4,6,15H,5H2,1H3,(H2,13,14,16)/t6-/m1/s1. The molecule has 16 heavy (non-hydrogen) atoms. The highest BCUT2D eigenvalue weighted by molar-refractivity contribution is 5.89. The van der Waals surface area contributed by atoms with Gasteiger partial charge in [0.05, 0.1) is 18.3 Å². The summed E-state index contributed by atoms with van der Waals surface area (Å²) in [5.41, 5.74) is -0.121. The Morgan fingerprint density at radius 3 is 2.75 bits per heavy atom. The molecule has 0 heterocycles. The first kappa shape index (κ1) is 12.4. The number of aliphatic hydroxyl groups excluding tert-OH is 1. The highest BCUT2D eigenvalue weighted by Gasteiger charge is 2.09. The molecule has 0 spiro atoms. The lowest BCUT2D eigenvalue weighted by molar-refractivity contribution is 0.229. The number of nitrogens with one attached hydrogen (secondary N) is 2. The topological polar surface area (TPSA) is 61.4 Å². The summed E-state index contributed by atoms with van der Waals surface area (Å²) in [5.74, 6) is -1.57. The van der Waals surface area contributed by atoms with Gasteiger partial charge < -0.3 is 15.7 Å². The molecule has 0 aliphatic rings. The fourth-order valence-corrected chi connectivity index (χ4v) is 1.02. The summed E-state index contributed by atoms with van der Waals surface area (Å²) < 4.78 is 25.6. The van der Waals surface area contributed by atoms with Gasteiger partial charge in [-0.15, -0.1) is 0 Å². The Hall–Kier alpha value is -1.69. The van der Waals surface area contributed by atoms with Gasteiger partial charge in [0, 0.05) is 6.07 Å². The summed E-state index contributed by atoms with van der Waals surface area (Å²) in [6.45, 7) is 1.36. The van der Waals surface area contributed by atoms with Crippen molar-refractivity contribution in [2.75, 3.05) is 11.9 Å². The van der Waals surface area contributed by atoms with E-state index in [1.165, 1.54) is 0 Å². The van der Waals surface area contributed by atoms with Crippen LogP contribution in [0.2, 0.25) is 0 Å². The molecule has 0 fully saturated rings. The van der Waals surface area contributed by atoms with Gasteiger partial charge in [0.15, 0.2) is 0 Å². The molecule has 0 bridgehead atoms. The minimum atomic E-state index is -0.855. The number of hydrogen-bond acceptors (Lipinski definition) is 2. The van der Waals surface area contributed by atoms with E-state index in [0.717, 1.165) is 12.1 Å². The smallest absolute Gasteiger partial charge is 0.319 e. The third-order valence-electron chi connectivity index (χ3n) is 1.83. The van der Waals surface area contributed by atoms with Gasteiger partial charge in [0.2, 0.25) is 0 Å². The van der Waals surface area contributed by atoms with Crippen molar-refractivity contribution in [1.29, 1.82) is 0 Å². The van der Waals surface area contributed by atoms with Gasteiger partial charge >= 0.3 is 6.03 Å². The number of rotatable bonds is 3. The number of hydrogen-bond donors (Lipinski definition) is 3. The molecular formula is C10H12F2N2O2. The largest absolute Gasteiger partial charge is 0.394 e. The van der Waals surface area contributed by atoms with Crippen LogP contribution in [-0.4, -0.2) is 23.8 Å². The number of benzene rings is 1. The van der Waals surface area contributed by atoms with Crippen LogP contribution in [0, 0.1) is 11.6 Å². The summed E-state index contributed by atoms with van der Waals surface area (Å²) in [6.07, 6.45) is 0. The highest BCUT2D eigenvalue weighted by atomic mass is 19.1. The maximum atomic E-state index is 13.1. The van der Waals surface area contributed by atoms with Gasteiger partial charge in [-0.05, 0) is 19.1 Å². The molecule has 6 heteroatoms. The van der Waals surface area contributed by atoms with Gasteiger partial charge in [-0.25, -0.2) is 13.6 Å². The Bertz CT molecular complexity index is 385. The SMILES string of the molecule is C[C@H](CO)NC(=O)Nc1ccc(F)cc1F. The lowest BCUT2D eigenvalue weighted by atomic mass is 10.3. The highest BCUT2D eigenvalue weighted by Crippen LogP contribution is 2.14. The van der Waals surface area contributed by atoms with E-state index in [1.807, 2.05) is 0 Å². The molecule has 1 atom stereocenters. The zero-order valence-corrected chi connectivity index (χ0v) is 8.63. The second-order valence-corrected chi connectivity index (χ2v) is 3.31. The third-order valence-corrected chi connectivity index (χ3v) is 1.83. The predicted molar refractivity (Wildman–Crippen MR) is 55.1 cm³/mol. The lowest BCUT2D eigenvalue weighted by Crippen LogP contribution is -2.38. The van der Waals surface area contributed by atoms with Crippen molar-refractivity contribution in [3.8, 4) is 0 Å². The first-order chi connectivity index (χ1) is 7.52. The number of amides is 2. The molecule has 0 unspecified atom stereocenters. The average Bonchev–Trinajstić information content (AvgIpc) is 2.22. The van der Waals surface area contributed by atoms with Gasteiger partial charge in [-0.2, -0.15) is 0 Å². The quantitative estimate of drug-likeness (QED) is 0.736. The molecule has 1 aromatic carbocycles. The molecule has 0 aliphatic heterocycles. The van der Waals surface area contributed by atoms with Crippen molar-refractivity contribution in [3.05, 3.63) is 29.8 Å². The molecule has 0 radical (unpaired) electrons. The zero-order chi connectivity index (χ0) is 12.1. The molecule has 3 N–H and O–H groups in total. The monoisotopic (exact) mass is 230 g/mol. The molecule has 1 rings (SSSR count). The summed E-state index contributed by atoms with van der Waals surface area (Å²) >= 11 is 0. The number of anilines is 1. The number of urea groups is 1. The normalized spacial score (nSPS) is 12.0. The fraction of sp³-hybridized carbons (Fsp3) is 0.300. The third kappa shape index (κ3) is 3.47. The van der Waals surface area contributed by atoms with E-state index in [-0.39, 0.29) is 12.3 Å². The van der Waals surface area contributed by atoms with Gasteiger partial charge in [-0.1, -0.05) is 0 Å². The van der Waals surface area contributed by atoms with E-state index >= 15 is 0 Å². The maximum absolute atomic E-state index is 13.1. The second kappa shape index (κ2) is 5.41. The molecule has 0 saturated heterocycles. The van der Waals surface area contributed by atoms with E-state index in [2.05, 4.69) is 10.6 Å². The first-order valence-corrected chi connectivity index (χ1v) is 4.66. The van der Waals surface area contributed by atoms with Crippen molar-refractivity contribution in [2.45, 2.75) is 13.0 Å². The van der Waals surface area contributed by atoms with Crippen LogP contribution in [0.4, 0.5) is 19.3 Å². The van der Waals surface area contributed by atoms with Crippen molar-refractivity contribution in [2.24, 2.45) is 0 Å². The van der Waals surface area contributed by atoms with E-state index in [0.29, 0.717) is 6.07 Å². The van der Waals surface area contributed by atoms with E-state index in [1.54, 1.807) is 6.92 Å². The van der Waals surface area contributed by atoms with Crippen LogP contribution in [0.3, 0.4) is 0 Å². The van der Waals surface area contributed by atoms with Crippen LogP contribution in [-0.2, 0) is 0 Å². The van der Waals surface area contributed by atoms with Gasteiger partial charge in [-0.3, -0.25) is 0 Å². The fourth-order valence-electron chi connectivity index (χ4n) is 1.02.